The van der Waals surface area contributed by atoms with Crippen molar-refractivity contribution in [2.45, 2.75) is 16.7 Å². The molecule has 3 atom stereocenters. The quantitative estimate of drug-likeness (QED) is 0.472. The summed E-state index contributed by atoms with van der Waals surface area (Å²) in [6.07, 6.45) is 7.80. The number of hydrogen-bond acceptors (Lipinski definition) is 3. The molecular weight excluding hydrogens is 471 g/mol. The van der Waals surface area contributed by atoms with Gasteiger partial charge in [0.15, 0.2) is 10.1 Å². The Morgan fingerprint density at radius 3 is 2.53 bits per heavy atom. The van der Waals surface area contributed by atoms with Crippen molar-refractivity contribution in [2.75, 3.05) is 0 Å². The van der Waals surface area contributed by atoms with Gasteiger partial charge in [0.2, 0.25) is 0 Å². The Kier molecular flexibility index (Phi) is 6.37. The number of amides is 1. The minimum Gasteiger partial charge on any atom is -0.611 e. The zero-order chi connectivity index (χ0) is 23.7. The maximum Gasteiger partial charge on any atom is 0.251 e. The van der Waals surface area contributed by atoms with E-state index in [2.05, 4.69) is 5.32 Å². The summed E-state index contributed by atoms with van der Waals surface area (Å²) in [5, 5.41) is 3.20. The number of hydrogen-bond donors (Lipinski definition) is 1. The van der Waals surface area contributed by atoms with E-state index in [0.717, 1.165) is 16.8 Å². The second-order valence-electron chi connectivity index (χ2n) is 8.05. The van der Waals surface area contributed by atoms with E-state index in [-0.39, 0.29) is 29.4 Å². The summed E-state index contributed by atoms with van der Waals surface area (Å²) in [5.41, 5.74) is 3.37. The highest BCUT2D eigenvalue weighted by Gasteiger charge is 2.39. The highest BCUT2D eigenvalue weighted by Crippen LogP contribution is 2.39. The number of nitrogens with zero attached hydrogens (tertiary/aromatic N) is 1. The van der Waals surface area contributed by atoms with Gasteiger partial charge in [-0.1, -0.05) is 54.1 Å². The predicted molar refractivity (Wildman–Crippen MR) is 134 cm³/mol. The Balaban J connectivity index is 1.50. The van der Waals surface area contributed by atoms with Gasteiger partial charge in [-0.3, -0.25) is 4.79 Å². The van der Waals surface area contributed by atoms with Crippen LogP contribution >= 0.6 is 11.6 Å². The first-order chi connectivity index (χ1) is 16.5. The van der Waals surface area contributed by atoms with Gasteiger partial charge in [-0.25, -0.2) is 9.38 Å². The van der Waals surface area contributed by atoms with Gasteiger partial charge < -0.3 is 9.87 Å². The topological polar surface area (TPSA) is 64.5 Å². The van der Waals surface area contributed by atoms with Crippen molar-refractivity contribution in [1.82, 2.24) is 5.32 Å². The van der Waals surface area contributed by atoms with E-state index < -0.39 is 11.2 Å². The molecular formula is C27H20ClFN2O2S. The fraction of sp³-hybridized carbons (Fsp3) is 0.111. The Morgan fingerprint density at radius 2 is 1.76 bits per heavy atom. The smallest absolute Gasteiger partial charge is 0.251 e. The van der Waals surface area contributed by atoms with Gasteiger partial charge in [0.05, 0.1) is 11.6 Å². The Bertz CT molecular complexity index is 1320. The molecule has 1 amide bonds. The van der Waals surface area contributed by atoms with Crippen LogP contribution < -0.4 is 5.32 Å². The lowest BCUT2D eigenvalue weighted by atomic mass is 9.90. The van der Waals surface area contributed by atoms with E-state index in [0.29, 0.717) is 21.2 Å². The van der Waals surface area contributed by atoms with Crippen molar-refractivity contribution in [3.8, 4) is 0 Å². The Morgan fingerprint density at radius 1 is 1.03 bits per heavy atom. The average molecular weight is 491 g/mol. The molecule has 0 saturated heterocycles. The zero-order valence-electron chi connectivity index (χ0n) is 17.9. The summed E-state index contributed by atoms with van der Waals surface area (Å²) in [6.45, 7) is 0.265. The van der Waals surface area contributed by atoms with Crippen LogP contribution in [0.2, 0.25) is 5.02 Å². The number of rotatable bonds is 4. The number of allylic oxidation sites excluding steroid dienone is 3. The molecule has 0 aromatic heterocycles. The summed E-state index contributed by atoms with van der Waals surface area (Å²) in [7, 11) is 0. The number of fused-ring (bicyclic) bond motifs is 2. The summed E-state index contributed by atoms with van der Waals surface area (Å²) >= 11 is 4.73. The zero-order valence-corrected chi connectivity index (χ0v) is 19.5. The summed E-state index contributed by atoms with van der Waals surface area (Å²) in [4.78, 5) is 18.3. The van der Waals surface area contributed by atoms with E-state index in [4.69, 9.17) is 16.6 Å². The second kappa shape index (κ2) is 9.58. The van der Waals surface area contributed by atoms with Crippen molar-refractivity contribution in [2.24, 2.45) is 10.9 Å². The fourth-order valence-electron chi connectivity index (χ4n) is 4.07. The molecule has 3 aromatic carbocycles. The van der Waals surface area contributed by atoms with Gasteiger partial charge in [0.1, 0.15) is 11.5 Å². The van der Waals surface area contributed by atoms with E-state index in [9.17, 15) is 13.7 Å². The fourth-order valence-corrected chi connectivity index (χ4v) is 5.72. The standard InChI is InChI=1S/C27H20ClFN2O2S/c28-20-10-7-18(8-11-20)26-22-3-1-2-4-24(22)34(33)25-14-9-19(15-23(25)31-26)27(32)30-16-17-5-12-21(29)13-6-17/h1-15,22,24H,16H2,(H,30,32). The monoisotopic (exact) mass is 490 g/mol. The van der Waals surface area contributed by atoms with Crippen LogP contribution in [0.1, 0.15) is 21.5 Å². The van der Waals surface area contributed by atoms with Gasteiger partial charge in [-0.15, -0.1) is 0 Å². The first-order valence-corrected chi connectivity index (χ1v) is 12.4. The van der Waals surface area contributed by atoms with Crippen molar-refractivity contribution in [3.63, 3.8) is 0 Å². The molecule has 0 radical (unpaired) electrons. The predicted octanol–water partition coefficient (Wildman–Crippen LogP) is 5.76. The molecule has 1 heterocycles. The maximum atomic E-state index is 13.5. The van der Waals surface area contributed by atoms with Crippen LogP contribution in [0.4, 0.5) is 10.1 Å². The van der Waals surface area contributed by atoms with Crippen molar-refractivity contribution >= 4 is 40.1 Å². The lowest BCUT2D eigenvalue weighted by molar-refractivity contribution is 0.0951. The second-order valence-corrected chi connectivity index (χ2v) is 10.1. The van der Waals surface area contributed by atoms with E-state index >= 15 is 0 Å². The third kappa shape index (κ3) is 4.57. The molecule has 1 aliphatic carbocycles. The van der Waals surface area contributed by atoms with Gasteiger partial charge >= 0.3 is 0 Å². The van der Waals surface area contributed by atoms with Crippen molar-refractivity contribution in [1.29, 1.82) is 0 Å². The number of nitrogens with one attached hydrogen (secondary N) is 1. The van der Waals surface area contributed by atoms with Crippen LogP contribution in [0.25, 0.3) is 0 Å². The largest absolute Gasteiger partial charge is 0.611 e. The maximum absolute atomic E-state index is 13.5. The number of benzene rings is 3. The summed E-state index contributed by atoms with van der Waals surface area (Å²) < 4.78 is 26.6. The Labute approximate surface area is 205 Å². The molecule has 170 valence electrons. The summed E-state index contributed by atoms with van der Waals surface area (Å²) in [5.74, 6) is -0.786. The molecule has 0 bridgehead atoms. The van der Waals surface area contributed by atoms with Crippen molar-refractivity contribution in [3.05, 3.63) is 119 Å². The van der Waals surface area contributed by atoms with Crippen LogP contribution in [-0.2, 0) is 17.7 Å². The highest BCUT2D eigenvalue weighted by molar-refractivity contribution is 7.92. The van der Waals surface area contributed by atoms with Crippen molar-refractivity contribution < 1.29 is 13.7 Å². The highest BCUT2D eigenvalue weighted by atomic mass is 35.5. The molecule has 1 aliphatic heterocycles. The van der Waals surface area contributed by atoms with E-state index in [1.807, 2.05) is 36.4 Å². The van der Waals surface area contributed by atoms with Crippen LogP contribution in [-0.4, -0.2) is 21.4 Å². The number of carbonyl (C=O) groups excluding carboxylic acids is 1. The lowest BCUT2D eigenvalue weighted by Crippen LogP contribution is -2.32. The van der Waals surface area contributed by atoms with Gasteiger partial charge in [0.25, 0.3) is 5.91 Å². The first-order valence-electron chi connectivity index (χ1n) is 10.8. The normalized spacial score (nSPS) is 20.7. The molecule has 1 N–H and O–H groups in total. The molecule has 34 heavy (non-hydrogen) atoms. The van der Waals surface area contributed by atoms with Crippen LogP contribution in [0.5, 0.6) is 0 Å². The molecule has 3 unspecified atom stereocenters. The molecule has 2 aliphatic rings. The van der Waals surface area contributed by atoms with E-state index in [1.165, 1.54) is 12.1 Å². The number of aliphatic imine (C=N–C) groups is 1. The molecule has 4 nitrogen and oxygen atoms in total. The average Bonchev–Trinajstić information content (AvgIpc) is 2.98. The molecule has 5 rings (SSSR count). The van der Waals surface area contributed by atoms with Gasteiger partial charge in [-0.05, 0) is 70.8 Å². The number of halogens is 2. The minimum atomic E-state index is -1.35. The molecule has 7 heteroatoms. The van der Waals surface area contributed by atoms with Crippen LogP contribution in [0, 0.1) is 11.7 Å². The molecule has 3 aromatic rings. The SMILES string of the molecule is O=C(NCc1ccc(F)cc1)c1ccc2c(c1)N=C(c1ccc(Cl)cc1)C1C=CC=CC1[S+]2[O-]. The third-order valence-electron chi connectivity index (χ3n) is 5.83. The van der Waals surface area contributed by atoms with E-state index in [1.54, 1.807) is 42.5 Å². The lowest BCUT2D eigenvalue weighted by Gasteiger charge is -2.25. The van der Waals surface area contributed by atoms with Crippen LogP contribution in [0.3, 0.4) is 0 Å². The Hall–Kier alpha value is -3.19. The molecule has 0 spiro atoms. The molecule has 0 fully saturated rings. The molecule has 0 saturated carbocycles. The first kappa shape index (κ1) is 22.6. The summed E-state index contributed by atoms with van der Waals surface area (Å²) in [6, 6.07) is 18.4. The van der Waals surface area contributed by atoms with Gasteiger partial charge in [0, 0.05) is 17.1 Å². The third-order valence-corrected chi connectivity index (χ3v) is 7.81. The van der Waals surface area contributed by atoms with Crippen LogP contribution in [0.15, 0.2) is 101 Å². The number of carbonyl (C=O) groups is 1. The minimum absolute atomic E-state index is 0.171. The van der Waals surface area contributed by atoms with Gasteiger partial charge in [-0.2, -0.15) is 0 Å².